The minimum Gasteiger partial charge on any atom is -0.383 e. The third-order valence-electron chi connectivity index (χ3n) is 5.41. The number of nitrogens with zero attached hydrogens (tertiary/aromatic N) is 1. The molecule has 0 radical (unpaired) electrons. The van der Waals surface area contributed by atoms with Gasteiger partial charge in [-0.15, -0.1) is 11.3 Å². The standard InChI is InChI=1S/C19H20N2.C8H6S/c1-14(15-7-3-2-4-8-15)11-12-17-13-16-9-5-6-10-18(16)21-19(17)20;1-2-4-8-7(3-1)5-6-9-8/h2-10,13-14H,11-12H2,1H3,(H2,20,21);1-6H. The summed E-state index contributed by atoms with van der Waals surface area (Å²) in [5, 5.41) is 4.63. The Morgan fingerprint density at radius 2 is 1.53 bits per heavy atom. The molecule has 3 heteroatoms. The average molecular weight is 411 g/mol. The lowest BCUT2D eigenvalue weighted by Gasteiger charge is -2.13. The number of fused-ring (bicyclic) bond motifs is 2. The molecule has 0 aliphatic rings. The van der Waals surface area contributed by atoms with Crippen LogP contribution in [-0.4, -0.2) is 4.98 Å². The second kappa shape index (κ2) is 9.55. The molecule has 0 saturated heterocycles. The molecule has 30 heavy (non-hydrogen) atoms. The van der Waals surface area contributed by atoms with Gasteiger partial charge in [0.1, 0.15) is 5.82 Å². The maximum atomic E-state index is 6.10. The largest absolute Gasteiger partial charge is 0.383 e. The van der Waals surface area contributed by atoms with Crippen LogP contribution in [0.15, 0.2) is 96.4 Å². The number of hydrogen-bond donors (Lipinski definition) is 1. The molecular formula is C27H26N2S. The van der Waals surface area contributed by atoms with Crippen molar-refractivity contribution in [2.45, 2.75) is 25.7 Å². The quantitative estimate of drug-likeness (QED) is 0.334. The first-order chi connectivity index (χ1) is 14.7. The van der Waals surface area contributed by atoms with Gasteiger partial charge in [-0.3, -0.25) is 0 Å². The molecule has 150 valence electrons. The van der Waals surface area contributed by atoms with E-state index in [-0.39, 0.29) is 0 Å². The molecule has 3 aromatic carbocycles. The van der Waals surface area contributed by atoms with Gasteiger partial charge in [0, 0.05) is 10.1 Å². The van der Waals surface area contributed by atoms with Gasteiger partial charge in [0.05, 0.1) is 5.52 Å². The highest BCUT2D eigenvalue weighted by molar-refractivity contribution is 7.17. The molecule has 2 heterocycles. The molecule has 2 N–H and O–H groups in total. The number of aryl methyl sites for hydroxylation is 1. The maximum absolute atomic E-state index is 6.10. The van der Waals surface area contributed by atoms with Crippen LogP contribution in [0.25, 0.3) is 21.0 Å². The molecule has 0 spiro atoms. The van der Waals surface area contributed by atoms with E-state index in [1.165, 1.54) is 15.6 Å². The number of nitrogens with two attached hydrogens (primary N) is 1. The molecule has 0 bridgehead atoms. The number of rotatable bonds is 4. The van der Waals surface area contributed by atoms with Crippen molar-refractivity contribution in [3.05, 3.63) is 108 Å². The van der Waals surface area contributed by atoms with Gasteiger partial charge in [-0.2, -0.15) is 0 Å². The van der Waals surface area contributed by atoms with Gasteiger partial charge >= 0.3 is 0 Å². The van der Waals surface area contributed by atoms with Crippen LogP contribution in [0.3, 0.4) is 0 Å². The molecule has 0 aliphatic carbocycles. The predicted molar refractivity (Wildman–Crippen MR) is 131 cm³/mol. The zero-order chi connectivity index (χ0) is 20.8. The van der Waals surface area contributed by atoms with Crippen molar-refractivity contribution in [1.29, 1.82) is 0 Å². The summed E-state index contributed by atoms with van der Waals surface area (Å²) in [4.78, 5) is 4.50. The summed E-state index contributed by atoms with van der Waals surface area (Å²) in [6.45, 7) is 2.26. The van der Waals surface area contributed by atoms with E-state index in [4.69, 9.17) is 5.73 Å². The number of aromatic nitrogens is 1. The summed E-state index contributed by atoms with van der Waals surface area (Å²) < 4.78 is 1.37. The molecule has 2 aromatic heterocycles. The van der Waals surface area contributed by atoms with Crippen LogP contribution in [-0.2, 0) is 6.42 Å². The van der Waals surface area contributed by atoms with Crippen molar-refractivity contribution in [3.8, 4) is 0 Å². The van der Waals surface area contributed by atoms with Gasteiger partial charge in [-0.25, -0.2) is 4.98 Å². The lowest BCUT2D eigenvalue weighted by atomic mass is 9.94. The highest BCUT2D eigenvalue weighted by Crippen LogP contribution is 2.24. The van der Waals surface area contributed by atoms with Crippen LogP contribution in [0.5, 0.6) is 0 Å². The van der Waals surface area contributed by atoms with E-state index in [1.54, 1.807) is 11.3 Å². The Bertz CT molecular complexity index is 1200. The predicted octanol–water partition coefficient (Wildman–Crippen LogP) is 7.45. The van der Waals surface area contributed by atoms with Crippen LogP contribution in [0.4, 0.5) is 5.82 Å². The fourth-order valence-electron chi connectivity index (χ4n) is 3.60. The third kappa shape index (κ3) is 4.87. The zero-order valence-corrected chi connectivity index (χ0v) is 18.0. The second-order valence-electron chi connectivity index (χ2n) is 7.53. The molecule has 0 amide bonds. The van der Waals surface area contributed by atoms with Crippen LogP contribution < -0.4 is 5.73 Å². The van der Waals surface area contributed by atoms with Gasteiger partial charge in [0.15, 0.2) is 0 Å². The summed E-state index contributed by atoms with van der Waals surface area (Å²) in [6, 6.07) is 31.5. The first-order valence-corrected chi connectivity index (χ1v) is 11.2. The van der Waals surface area contributed by atoms with Crippen molar-refractivity contribution in [1.82, 2.24) is 4.98 Å². The van der Waals surface area contributed by atoms with E-state index in [0.29, 0.717) is 11.7 Å². The van der Waals surface area contributed by atoms with E-state index in [9.17, 15) is 0 Å². The van der Waals surface area contributed by atoms with Gasteiger partial charge in [0.25, 0.3) is 0 Å². The summed E-state index contributed by atoms with van der Waals surface area (Å²) in [6.07, 6.45) is 2.04. The first kappa shape index (κ1) is 20.1. The van der Waals surface area contributed by atoms with E-state index >= 15 is 0 Å². The molecule has 0 fully saturated rings. The molecule has 1 atom stereocenters. The van der Waals surface area contributed by atoms with E-state index in [2.05, 4.69) is 90.1 Å². The van der Waals surface area contributed by atoms with Gasteiger partial charge in [-0.1, -0.05) is 73.7 Å². The van der Waals surface area contributed by atoms with E-state index in [1.807, 2.05) is 18.2 Å². The number of thiophene rings is 1. The van der Waals surface area contributed by atoms with Gasteiger partial charge in [-0.05, 0) is 64.9 Å². The van der Waals surface area contributed by atoms with Gasteiger partial charge in [0.2, 0.25) is 0 Å². The molecule has 2 nitrogen and oxygen atoms in total. The Balaban J connectivity index is 0.000000200. The monoisotopic (exact) mass is 410 g/mol. The van der Waals surface area contributed by atoms with E-state index in [0.717, 1.165) is 29.3 Å². The van der Waals surface area contributed by atoms with Crippen molar-refractivity contribution in [3.63, 3.8) is 0 Å². The summed E-state index contributed by atoms with van der Waals surface area (Å²) in [5.41, 5.74) is 9.60. The van der Waals surface area contributed by atoms with Crippen molar-refractivity contribution in [2.75, 3.05) is 5.73 Å². The Morgan fingerprint density at radius 1 is 0.833 bits per heavy atom. The first-order valence-electron chi connectivity index (χ1n) is 10.3. The van der Waals surface area contributed by atoms with Crippen molar-refractivity contribution in [2.24, 2.45) is 0 Å². The molecule has 0 saturated carbocycles. The Kier molecular flexibility index (Phi) is 6.41. The van der Waals surface area contributed by atoms with Crippen molar-refractivity contribution >= 4 is 38.1 Å². The Labute approximate surface area is 182 Å². The summed E-state index contributed by atoms with van der Waals surface area (Å²) in [7, 11) is 0. The molecule has 5 rings (SSSR count). The number of anilines is 1. The lowest BCUT2D eigenvalue weighted by Crippen LogP contribution is -2.01. The summed E-state index contributed by atoms with van der Waals surface area (Å²) >= 11 is 1.79. The van der Waals surface area contributed by atoms with E-state index < -0.39 is 0 Å². The number of benzene rings is 3. The number of para-hydroxylation sites is 1. The van der Waals surface area contributed by atoms with Crippen LogP contribution in [0.1, 0.15) is 30.4 Å². The fraction of sp³-hybridized carbons (Fsp3) is 0.148. The highest BCUT2D eigenvalue weighted by atomic mass is 32.1. The normalized spacial score (nSPS) is 11.8. The maximum Gasteiger partial charge on any atom is 0.127 e. The Hall–Kier alpha value is -3.17. The lowest BCUT2D eigenvalue weighted by molar-refractivity contribution is 0.680. The summed E-state index contributed by atoms with van der Waals surface area (Å²) in [5.74, 6) is 1.19. The number of pyridine rings is 1. The van der Waals surface area contributed by atoms with Gasteiger partial charge < -0.3 is 5.73 Å². The Morgan fingerprint density at radius 3 is 2.33 bits per heavy atom. The molecular weight excluding hydrogens is 384 g/mol. The number of nitrogen functional groups attached to an aromatic ring is 1. The van der Waals surface area contributed by atoms with Crippen LogP contribution in [0, 0.1) is 0 Å². The van der Waals surface area contributed by atoms with Crippen LogP contribution in [0.2, 0.25) is 0 Å². The van der Waals surface area contributed by atoms with Crippen molar-refractivity contribution < 1.29 is 0 Å². The average Bonchev–Trinajstić information content (AvgIpc) is 3.27. The molecule has 0 aliphatic heterocycles. The minimum absolute atomic E-state index is 0.525. The second-order valence-corrected chi connectivity index (χ2v) is 8.48. The SMILES string of the molecule is CC(CCc1cc2ccccc2nc1N)c1ccccc1.c1ccc2sccc2c1. The number of hydrogen-bond acceptors (Lipinski definition) is 3. The molecule has 1 unspecified atom stereocenters. The smallest absolute Gasteiger partial charge is 0.127 e. The third-order valence-corrected chi connectivity index (χ3v) is 6.31. The topological polar surface area (TPSA) is 38.9 Å². The minimum atomic E-state index is 0.525. The van der Waals surface area contributed by atoms with Crippen LogP contribution >= 0.6 is 11.3 Å². The molecule has 5 aromatic rings. The zero-order valence-electron chi connectivity index (χ0n) is 17.2. The highest BCUT2D eigenvalue weighted by Gasteiger charge is 2.08. The fourth-order valence-corrected chi connectivity index (χ4v) is 4.39.